The quantitative estimate of drug-likeness (QED) is 0.853. The molecule has 0 fully saturated rings. The third-order valence-electron chi connectivity index (χ3n) is 3.09. The summed E-state index contributed by atoms with van der Waals surface area (Å²) in [6, 6.07) is 11.9. The molecule has 0 aliphatic rings. The molecule has 0 radical (unpaired) electrons. The molecule has 21 heavy (non-hydrogen) atoms. The number of ether oxygens (including phenoxy) is 1. The minimum Gasteiger partial charge on any atom is -0.497 e. The zero-order valence-electron chi connectivity index (χ0n) is 11.8. The lowest BCUT2D eigenvalue weighted by Crippen LogP contribution is -2.26. The first-order valence-electron chi connectivity index (χ1n) is 6.28. The molecular formula is C15H16FNO3S. The SMILES string of the molecule is COc1ccc(CN(C)S(=O)(=O)c2ccc(F)cc2)cc1. The molecule has 0 amide bonds. The van der Waals surface area contributed by atoms with Gasteiger partial charge in [0.05, 0.1) is 12.0 Å². The number of rotatable bonds is 5. The predicted octanol–water partition coefficient (Wildman–Crippen LogP) is 2.66. The second-order valence-electron chi connectivity index (χ2n) is 4.56. The van der Waals surface area contributed by atoms with Crippen LogP contribution in [0.3, 0.4) is 0 Å². The summed E-state index contributed by atoms with van der Waals surface area (Å²) in [5, 5.41) is 0. The highest BCUT2D eigenvalue weighted by molar-refractivity contribution is 7.89. The van der Waals surface area contributed by atoms with Gasteiger partial charge in [-0.1, -0.05) is 12.1 Å². The Kier molecular flexibility index (Phi) is 4.59. The molecule has 0 spiro atoms. The van der Waals surface area contributed by atoms with Crippen molar-refractivity contribution < 1.29 is 17.5 Å². The van der Waals surface area contributed by atoms with Crippen LogP contribution in [0.15, 0.2) is 53.4 Å². The van der Waals surface area contributed by atoms with Gasteiger partial charge in [0.25, 0.3) is 0 Å². The molecule has 2 aromatic rings. The first kappa shape index (κ1) is 15.5. The Labute approximate surface area is 123 Å². The van der Waals surface area contributed by atoms with Gasteiger partial charge in [0.2, 0.25) is 10.0 Å². The Bertz CT molecular complexity index is 697. The molecular weight excluding hydrogens is 293 g/mol. The number of halogens is 1. The van der Waals surface area contributed by atoms with Gasteiger partial charge in [0.1, 0.15) is 11.6 Å². The minimum atomic E-state index is -3.63. The lowest BCUT2D eigenvalue weighted by Gasteiger charge is -2.17. The van der Waals surface area contributed by atoms with Gasteiger partial charge < -0.3 is 4.74 Å². The summed E-state index contributed by atoms with van der Waals surface area (Å²) in [5.41, 5.74) is 0.837. The molecule has 112 valence electrons. The fourth-order valence-corrected chi connectivity index (χ4v) is 3.02. The van der Waals surface area contributed by atoms with E-state index >= 15 is 0 Å². The van der Waals surface area contributed by atoms with Crippen molar-refractivity contribution >= 4 is 10.0 Å². The van der Waals surface area contributed by atoms with Gasteiger partial charge >= 0.3 is 0 Å². The summed E-state index contributed by atoms with van der Waals surface area (Å²) >= 11 is 0. The predicted molar refractivity (Wildman–Crippen MR) is 78.0 cm³/mol. The van der Waals surface area contributed by atoms with Crippen LogP contribution in [0.2, 0.25) is 0 Å². The molecule has 4 nitrogen and oxygen atoms in total. The van der Waals surface area contributed by atoms with Crippen LogP contribution in [0, 0.1) is 5.82 Å². The largest absolute Gasteiger partial charge is 0.497 e. The maximum Gasteiger partial charge on any atom is 0.243 e. The second kappa shape index (κ2) is 6.24. The molecule has 6 heteroatoms. The lowest BCUT2D eigenvalue weighted by molar-refractivity contribution is 0.414. The third-order valence-corrected chi connectivity index (χ3v) is 4.90. The van der Waals surface area contributed by atoms with Gasteiger partial charge in [-0.2, -0.15) is 4.31 Å². The molecule has 0 N–H and O–H groups in total. The lowest BCUT2D eigenvalue weighted by atomic mass is 10.2. The number of hydrogen-bond acceptors (Lipinski definition) is 3. The molecule has 2 rings (SSSR count). The van der Waals surface area contributed by atoms with Crippen LogP contribution in [0.5, 0.6) is 5.75 Å². The molecule has 0 aliphatic heterocycles. The van der Waals surface area contributed by atoms with Gasteiger partial charge in [-0.05, 0) is 42.0 Å². The fourth-order valence-electron chi connectivity index (χ4n) is 1.86. The molecule has 0 saturated carbocycles. The van der Waals surface area contributed by atoms with E-state index in [0.717, 1.165) is 17.7 Å². The monoisotopic (exact) mass is 309 g/mol. The minimum absolute atomic E-state index is 0.0694. The van der Waals surface area contributed by atoms with Crippen molar-refractivity contribution in [3.63, 3.8) is 0 Å². The summed E-state index contributed by atoms with van der Waals surface area (Å²) in [6.45, 7) is 0.226. The standard InChI is InChI=1S/C15H16FNO3S/c1-17(11-12-3-7-14(20-2)8-4-12)21(18,19)15-9-5-13(16)6-10-15/h3-10H,11H2,1-2H3. The number of methoxy groups -OCH3 is 1. The first-order chi connectivity index (χ1) is 9.93. The van der Waals surface area contributed by atoms with E-state index in [1.54, 1.807) is 31.4 Å². The van der Waals surface area contributed by atoms with E-state index in [-0.39, 0.29) is 11.4 Å². The normalized spacial score (nSPS) is 11.6. The summed E-state index contributed by atoms with van der Waals surface area (Å²) < 4.78 is 43.9. The van der Waals surface area contributed by atoms with E-state index in [1.807, 2.05) is 0 Å². The van der Waals surface area contributed by atoms with Crippen LogP contribution < -0.4 is 4.74 Å². The van der Waals surface area contributed by atoms with Gasteiger partial charge in [0, 0.05) is 13.6 Å². The number of nitrogens with zero attached hydrogens (tertiary/aromatic N) is 1. The maximum absolute atomic E-state index is 12.9. The highest BCUT2D eigenvalue weighted by atomic mass is 32.2. The Hall–Kier alpha value is -1.92. The number of hydrogen-bond donors (Lipinski definition) is 0. The van der Waals surface area contributed by atoms with E-state index in [9.17, 15) is 12.8 Å². The molecule has 0 aliphatic carbocycles. The van der Waals surface area contributed by atoms with Gasteiger partial charge in [-0.15, -0.1) is 0 Å². The van der Waals surface area contributed by atoms with E-state index in [1.165, 1.54) is 23.5 Å². The zero-order chi connectivity index (χ0) is 15.5. The molecule has 0 aromatic heterocycles. The van der Waals surface area contributed by atoms with Gasteiger partial charge in [-0.25, -0.2) is 12.8 Å². The van der Waals surface area contributed by atoms with Crippen LogP contribution in [0.25, 0.3) is 0 Å². The van der Waals surface area contributed by atoms with Crippen molar-refractivity contribution in [3.05, 3.63) is 59.9 Å². The van der Waals surface area contributed by atoms with Crippen molar-refractivity contribution in [1.82, 2.24) is 4.31 Å². The fraction of sp³-hybridized carbons (Fsp3) is 0.200. The summed E-state index contributed by atoms with van der Waals surface area (Å²) in [4.78, 5) is 0.0694. The van der Waals surface area contributed by atoms with Crippen molar-refractivity contribution in [2.75, 3.05) is 14.2 Å². The van der Waals surface area contributed by atoms with Crippen LogP contribution in [0.4, 0.5) is 4.39 Å². The number of benzene rings is 2. The van der Waals surface area contributed by atoms with Crippen LogP contribution in [0.1, 0.15) is 5.56 Å². The second-order valence-corrected chi connectivity index (χ2v) is 6.61. The third kappa shape index (κ3) is 3.59. The average Bonchev–Trinajstić information content (AvgIpc) is 2.48. The van der Waals surface area contributed by atoms with Crippen molar-refractivity contribution in [1.29, 1.82) is 0 Å². The maximum atomic E-state index is 12.9. The number of sulfonamides is 1. The summed E-state index contributed by atoms with van der Waals surface area (Å²) in [5.74, 6) is 0.245. The Morgan fingerprint density at radius 3 is 2.14 bits per heavy atom. The van der Waals surface area contributed by atoms with Crippen LogP contribution in [-0.4, -0.2) is 26.9 Å². The van der Waals surface area contributed by atoms with Crippen LogP contribution >= 0.6 is 0 Å². The van der Waals surface area contributed by atoms with E-state index < -0.39 is 15.8 Å². The molecule has 0 unspecified atom stereocenters. The van der Waals surface area contributed by atoms with E-state index in [2.05, 4.69) is 0 Å². The van der Waals surface area contributed by atoms with Crippen molar-refractivity contribution in [2.24, 2.45) is 0 Å². The smallest absolute Gasteiger partial charge is 0.243 e. The van der Waals surface area contributed by atoms with Crippen molar-refractivity contribution in [3.8, 4) is 5.75 Å². The molecule has 2 aromatic carbocycles. The highest BCUT2D eigenvalue weighted by Gasteiger charge is 2.20. The Morgan fingerprint density at radius 2 is 1.62 bits per heavy atom. The van der Waals surface area contributed by atoms with E-state index in [0.29, 0.717) is 5.75 Å². The van der Waals surface area contributed by atoms with Crippen molar-refractivity contribution in [2.45, 2.75) is 11.4 Å². The molecule has 0 saturated heterocycles. The summed E-state index contributed by atoms with van der Waals surface area (Å²) in [7, 11) is -0.576. The van der Waals surface area contributed by atoms with Gasteiger partial charge in [0.15, 0.2) is 0 Å². The first-order valence-corrected chi connectivity index (χ1v) is 7.72. The average molecular weight is 309 g/mol. The Balaban J connectivity index is 2.17. The highest BCUT2D eigenvalue weighted by Crippen LogP contribution is 2.18. The topological polar surface area (TPSA) is 46.6 Å². The molecule has 0 atom stereocenters. The molecule has 0 bridgehead atoms. The van der Waals surface area contributed by atoms with E-state index in [4.69, 9.17) is 4.74 Å². The Morgan fingerprint density at radius 1 is 1.05 bits per heavy atom. The van der Waals surface area contributed by atoms with Gasteiger partial charge in [-0.3, -0.25) is 0 Å². The van der Waals surface area contributed by atoms with Crippen LogP contribution in [-0.2, 0) is 16.6 Å². The molecule has 0 heterocycles. The summed E-state index contributed by atoms with van der Waals surface area (Å²) in [6.07, 6.45) is 0. The zero-order valence-corrected chi connectivity index (χ0v) is 12.6.